The predicted octanol–water partition coefficient (Wildman–Crippen LogP) is 2.17. The highest BCUT2D eigenvalue weighted by atomic mass is 32.1. The number of nitrogens with zero attached hydrogens (tertiary/aromatic N) is 1. The summed E-state index contributed by atoms with van der Waals surface area (Å²) >= 11 is 1.42. The van der Waals surface area contributed by atoms with E-state index in [1.54, 1.807) is 19.2 Å². The van der Waals surface area contributed by atoms with Gasteiger partial charge in [-0.05, 0) is 35.6 Å². The summed E-state index contributed by atoms with van der Waals surface area (Å²) in [7, 11) is 1.68. The summed E-state index contributed by atoms with van der Waals surface area (Å²) in [5, 5.41) is 4.76. The summed E-state index contributed by atoms with van der Waals surface area (Å²) in [5.74, 6) is -0.421. The molecule has 0 spiro atoms. The molecule has 0 saturated heterocycles. The Labute approximate surface area is 124 Å². The summed E-state index contributed by atoms with van der Waals surface area (Å²) < 4.78 is 6.56. The van der Waals surface area contributed by atoms with Crippen molar-refractivity contribution in [2.24, 2.45) is 7.05 Å². The molecule has 3 rings (SSSR count). The van der Waals surface area contributed by atoms with Crippen LogP contribution in [0.3, 0.4) is 0 Å². The average molecular weight is 302 g/mol. The number of carbonyl (C=O) groups is 1. The van der Waals surface area contributed by atoms with Crippen LogP contribution in [0.5, 0.6) is 0 Å². The van der Waals surface area contributed by atoms with Gasteiger partial charge in [0, 0.05) is 13.6 Å². The molecule has 0 fully saturated rings. The van der Waals surface area contributed by atoms with Crippen molar-refractivity contribution in [1.29, 1.82) is 0 Å². The molecule has 1 N–H and O–H groups in total. The highest BCUT2D eigenvalue weighted by Gasteiger charge is 2.08. The smallest absolute Gasteiger partial charge is 0.408 e. The maximum absolute atomic E-state index is 11.8. The van der Waals surface area contributed by atoms with E-state index >= 15 is 0 Å². The number of thiophene rings is 1. The van der Waals surface area contributed by atoms with E-state index < -0.39 is 0 Å². The molecule has 1 amide bonds. The fourth-order valence-corrected chi connectivity index (χ4v) is 2.78. The molecule has 5 nitrogen and oxygen atoms in total. The topological polar surface area (TPSA) is 64.2 Å². The van der Waals surface area contributed by atoms with E-state index in [2.05, 4.69) is 5.32 Å². The van der Waals surface area contributed by atoms with Gasteiger partial charge in [-0.3, -0.25) is 9.36 Å². The predicted molar refractivity (Wildman–Crippen MR) is 81.8 cm³/mol. The molecule has 0 atom stereocenters. The van der Waals surface area contributed by atoms with Crippen LogP contribution in [0.1, 0.15) is 15.2 Å². The lowest BCUT2D eigenvalue weighted by Crippen LogP contribution is -2.24. The number of fused-ring (bicyclic) bond motifs is 1. The first kappa shape index (κ1) is 13.6. The zero-order valence-electron chi connectivity index (χ0n) is 11.5. The lowest BCUT2D eigenvalue weighted by atomic mass is 10.1. The van der Waals surface area contributed by atoms with E-state index in [4.69, 9.17) is 4.42 Å². The molecule has 1 aromatic carbocycles. The van der Waals surface area contributed by atoms with Gasteiger partial charge >= 0.3 is 5.76 Å². The lowest BCUT2D eigenvalue weighted by molar-refractivity contribution is 0.0958. The van der Waals surface area contributed by atoms with Crippen LogP contribution in [0.4, 0.5) is 0 Å². The zero-order chi connectivity index (χ0) is 14.8. The van der Waals surface area contributed by atoms with E-state index in [-0.39, 0.29) is 11.7 Å². The first-order valence-electron chi connectivity index (χ1n) is 6.55. The Bertz CT molecular complexity index is 830. The van der Waals surface area contributed by atoms with E-state index in [0.29, 0.717) is 23.4 Å². The molecule has 0 radical (unpaired) electrons. The normalized spacial score (nSPS) is 10.9. The number of benzene rings is 1. The third-order valence-corrected chi connectivity index (χ3v) is 4.17. The van der Waals surface area contributed by atoms with Crippen molar-refractivity contribution in [2.45, 2.75) is 6.42 Å². The van der Waals surface area contributed by atoms with Crippen molar-refractivity contribution in [3.63, 3.8) is 0 Å². The largest absolute Gasteiger partial charge is 0.419 e. The van der Waals surface area contributed by atoms with E-state index in [9.17, 15) is 9.59 Å². The number of hydrogen-bond donors (Lipinski definition) is 1. The van der Waals surface area contributed by atoms with Crippen LogP contribution >= 0.6 is 11.3 Å². The Morgan fingerprint density at radius 3 is 3.00 bits per heavy atom. The Hall–Kier alpha value is -2.34. The van der Waals surface area contributed by atoms with Crippen LogP contribution in [-0.2, 0) is 13.5 Å². The molecule has 108 valence electrons. The number of oxazole rings is 1. The fourth-order valence-electron chi connectivity index (χ4n) is 2.14. The number of amides is 1. The first-order chi connectivity index (χ1) is 10.1. The van der Waals surface area contributed by atoms with Crippen LogP contribution in [-0.4, -0.2) is 17.0 Å². The van der Waals surface area contributed by atoms with Gasteiger partial charge < -0.3 is 9.73 Å². The molecule has 3 aromatic rings. The number of aryl methyl sites for hydroxylation is 1. The first-order valence-corrected chi connectivity index (χ1v) is 7.43. The number of hydrogen-bond acceptors (Lipinski definition) is 4. The van der Waals surface area contributed by atoms with Gasteiger partial charge in [0.1, 0.15) is 0 Å². The summed E-state index contributed by atoms with van der Waals surface area (Å²) in [5.41, 5.74) is 2.39. The van der Waals surface area contributed by atoms with E-state index in [1.165, 1.54) is 15.9 Å². The molecule has 2 aromatic heterocycles. The second kappa shape index (κ2) is 5.57. The van der Waals surface area contributed by atoms with Gasteiger partial charge in [-0.1, -0.05) is 12.1 Å². The molecule has 0 aliphatic heterocycles. The number of rotatable bonds is 4. The molecule has 6 heteroatoms. The minimum Gasteiger partial charge on any atom is -0.408 e. The molecule has 0 saturated carbocycles. The summed E-state index contributed by atoms with van der Waals surface area (Å²) in [6.45, 7) is 0.550. The van der Waals surface area contributed by atoms with Crippen molar-refractivity contribution < 1.29 is 9.21 Å². The average Bonchev–Trinajstić information content (AvgIpc) is 3.09. The molecular formula is C15H14N2O3S. The van der Waals surface area contributed by atoms with Gasteiger partial charge in [0.15, 0.2) is 5.58 Å². The molecule has 0 aliphatic carbocycles. The van der Waals surface area contributed by atoms with Crippen molar-refractivity contribution in [3.8, 4) is 0 Å². The Kier molecular flexibility index (Phi) is 3.62. The molecule has 2 heterocycles. The van der Waals surface area contributed by atoms with Crippen molar-refractivity contribution in [1.82, 2.24) is 9.88 Å². The third kappa shape index (κ3) is 2.75. The summed E-state index contributed by atoms with van der Waals surface area (Å²) in [6.07, 6.45) is 0.701. The fraction of sp³-hybridized carbons (Fsp3) is 0.200. The summed E-state index contributed by atoms with van der Waals surface area (Å²) in [4.78, 5) is 23.9. The van der Waals surface area contributed by atoms with Crippen LogP contribution in [0, 0.1) is 0 Å². The highest BCUT2D eigenvalue weighted by Crippen LogP contribution is 2.14. The van der Waals surface area contributed by atoms with E-state index in [0.717, 1.165) is 11.1 Å². The quantitative estimate of drug-likeness (QED) is 0.803. The van der Waals surface area contributed by atoms with Gasteiger partial charge in [0.25, 0.3) is 5.91 Å². The second-order valence-corrected chi connectivity index (χ2v) is 5.66. The number of nitrogens with one attached hydrogen (secondary N) is 1. The SMILES string of the molecule is Cn1c(=O)oc2ccc(CCNC(=O)c3cccs3)cc21. The standard InChI is InChI=1S/C15H14N2O3S/c1-17-11-9-10(4-5-12(11)20-15(17)19)6-7-16-14(18)13-3-2-8-21-13/h2-5,8-9H,6-7H2,1H3,(H,16,18). The summed E-state index contributed by atoms with van der Waals surface area (Å²) in [6, 6.07) is 9.26. The maximum atomic E-state index is 11.8. The molecule has 0 aliphatic rings. The van der Waals surface area contributed by atoms with Crippen LogP contribution in [0.15, 0.2) is 44.9 Å². The van der Waals surface area contributed by atoms with Gasteiger partial charge in [0.2, 0.25) is 0 Å². The maximum Gasteiger partial charge on any atom is 0.419 e. The minimum atomic E-state index is -0.367. The molecular weight excluding hydrogens is 288 g/mol. The van der Waals surface area contributed by atoms with Crippen LogP contribution < -0.4 is 11.1 Å². The third-order valence-electron chi connectivity index (χ3n) is 3.30. The molecule has 0 bridgehead atoms. The number of carbonyl (C=O) groups excluding carboxylic acids is 1. The Morgan fingerprint density at radius 1 is 1.38 bits per heavy atom. The van der Waals surface area contributed by atoms with Gasteiger partial charge in [-0.15, -0.1) is 11.3 Å². The van der Waals surface area contributed by atoms with Crippen molar-refractivity contribution in [2.75, 3.05) is 6.54 Å². The van der Waals surface area contributed by atoms with Crippen LogP contribution in [0.2, 0.25) is 0 Å². The Balaban J connectivity index is 1.67. The van der Waals surface area contributed by atoms with Crippen LogP contribution in [0.25, 0.3) is 11.1 Å². The lowest BCUT2D eigenvalue weighted by Gasteiger charge is -2.04. The van der Waals surface area contributed by atoms with Gasteiger partial charge in [-0.2, -0.15) is 0 Å². The van der Waals surface area contributed by atoms with Gasteiger partial charge in [-0.25, -0.2) is 4.79 Å². The van der Waals surface area contributed by atoms with Crippen molar-refractivity contribution >= 4 is 28.3 Å². The monoisotopic (exact) mass is 302 g/mol. The Morgan fingerprint density at radius 2 is 2.24 bits per heavy atom. The van der Waals surface area contributed by atoms with Crippen molar-refractivity contribution in [3.05, 3.63) is 56.7 Å². The highest BCUT2D eigenvalue weighted by molar-refractivity contribution is 7.12. The van der Waals surface area contributed by atoms with E-state index in [1.807, 2.05) is 23.6 Å². The molecule has 0 unspecified atom stereocenters. The minimum absolute atomic E-state index is 0.0539. The van der Waals surface area contributed by atoms with Gasteiger partial charge in [0.05, 0.1) is 10.4 Å². The zero-order valence-corrected chi connectivity index (χ0v) is 12.3. The molecule has 21 heavy (non-hydrogen) atoms. The number of aromatic nitrogens is 1. The second-order valence-electron chi connectivity index (χ2n) is 4.71.